The molecule has 1 aliphatic rings. The van der Waals surface area contributed by atoms with Crippen molar-refractivity contribution in [2.75, 3.05) is 0 Å². The Kier molecular flexibility index (Phi) is 5.13. The highest BCUT2D eigenvalue weighted by Crippen LogP contribution is 2.25. The van der Waals surface area contributed by atoms with Gasteiger partial charge in [-0.2, -0.15) is 13.9 Å². The molecular weight excluding hydrogens is 328 g/mol. The quantitative estimate of drug-likeness (QED) is 0.890. The van der Waals surface area contributed by atoms with E-state index in [0.717, 1.165) is 24.8 Å². The lowest BCUT2D eigenvalue weighted by molar-refractivity contribution is 0.0563. The van der Waals surface area contributed by atoms with Crippen molar-refractivity contribution in [3.63, 3.8) is 0 Å². The van der Waals surface area contributed by atoms with E-state index in [1.807, 2.05) is 0 Å². The van der Waals surface area contributed by atoms with Gasteiger partial charge in [0.2, 0.25) is 0 Å². The molecule has 1 heterocycles. The third-order valence-corrected chi connectivity index (χ3v) is 4.62. The number of benzene rings is 1. The van der Waals surface area contributed by atoms with E-state index in [4.69, 9.17) is 0 Å². The normalized spacial score (nSPS) is 20.7. The highest BCUT2D eigenvalue weighted by Gasteiger charge is 2.24. The zero-order chi connectivity index (χ0) is 18.0. The number of hydrogen-bond donors (Lipinski definition) is 2. The summed E-state index contributed by atoms with van der Waals surface area (Å²) in [5.74, 6) is -0.238. The van der Waals surface area contributed by atoms with Gasteiger partial charge >= 0.3 is 6.55 Å². The minimum atomic E-state index is -2.68. The smallest absolute Gasteiger partial charge is 0.333 e. The molecule has 0 radical (unpaired) electrons. The number of carbonyl (C=O) groups is 1. The Morgan fingerprint density at radius 1 is 1.28 bits per heavy atom. The van der Waals surface area contributed by atoms with E-state index >= 15 is 0 Å². The molecule has 1 saturated carbocycles. The molecule has 1 fully saturated rings. The van der Waals surface area contributed by atoms with Crippen molar-refractivity contribution < 1.29 is 18.7 Å². The summed E-state index contributed by atoms with van der Waals surface area (Å²) in [5.41, 5.74) is 2.30. The van der Waals surface area contributed by atoms with Gasteiger partial charge in [0.1, 0.15) is 0 Å². The molecule has 2 atom stereocenters. The van der Waals surface area contributed by atoms with Gasteiger partial charge in [-0.25, -0.2) is 4.68 Å². The van der Waals surface area contributed by atoms with Crippen LogP contribution in [0.2, 0.25) is 0 Å². The summed E-state index contributed by atoms with van der Waals surface area (Å²) < 4.78 is 26.1. The predicted molar refractivity (Wildman–Crippen MR) is 89.4 cm³/mol. The zero-order valence-corrected chi connectivity index (χ0v) is 14.0. The average Bonchev–Trinajstić information content (AvgIpc) is 2.99. The number of hydrogen-bond acceptors (Lipinski definition) is 3. The molecule has 1 amide bonds. The first-order valence-corrected chi connectivity index (χ1v) is 8.39. The first-order chi connectivity index (χ1) is 12.0. The number of nitrogens with one attached hydrogen (secondary N) is 1. The van der Waals surface area contributed by atoms with E-state index < -0.39 is 12.7 Å². The van der Waals surface area contributed by atoms with Gasteiger partial charge in [0.25, 0.3) is 5.91 Å². The van der Waals surface area contributed by atoms with E-state index in [1.54, 1.807) is 31.2 Å². The van der Waals surface area contributed by atoms with E-state index in [-0.39, 0.29) is 11.9 Å². The lowest BCUT2D eigenvalue weighted by atomic mass is 9.92. The Morgan fingerprint density at radius 2 is 1.96 bits per heavy atom. The molecule has 3 rings (SSSR count). The number of aromatic nitrogens is 2. The number of aliphatic hydroxyl groups excluding tert-OH is 1. The number of aliphatic hydroxyl groups is 1. The van der Waals surface area contributed by atoms with Gasteiger partial charge in [0, 0.05) is 17.3 Å². The van der Waals surface area contributed by atoms with Crippen LogP contribution < -0.4 is 5.32 Å². The van der Waals surface area contributed by atoms with Crippen LogP contribution in [0.25, 0.3) is 11.1 Å². The first-order valence-electron chi connectivity index (χ1n) is 8.39. The van der Waals surface area contributed by atoms with Gasteiger partial charge in [-0.05, 0) is 37.5 Å². The van der Waals surface area contributed by atoms with Crippen LogP contribution in [0.4, 0.5) is 8.78 Å². The van der Waals surface area contributed by atoms with E-state index in [9.17, 15) is 18.7 Å². The maximum absolute atomic E-state index is 12.7. The average molecular weight is 349 g/mol. The Hall–Kier alpha value is -2.28. The largest absolute Gasteiger partial charge is 0.391 e. The Morgan fingerprint density at radius 3 is 2.56 bits per heavy atom. The second-order valence-electron chi connectivity index (χ2n) is 6.39. The molecule has 0 unspecified atom stereocenters. The SMILES string of the molecule is Cc1nn(C(F)F)cc1-c1ccc(C(=O)N[C@H]2CCCC[C@@H]2O)cc1. The molecule has 7 heteroatoms. The van der Waals surface area contributed by atoms with Crippen molar-refractivity contribution in [1.29, 1.82) is 0 Å². The predicted octanol–water partition coefficient (Wildman–Crippen LogP) is 3.29. The first kappa shape index (κ1) is 17.5. The summed E-state index contributed by atoms with van der Waals surface area (Å²) in [6, 6.07) is 6.52. The lowest BCUT2D eigenvalue weighted by Gasteiger charge is -2.28. The Labute approximate surface area is 144 Å². The summed E-state index contributed by atoms with van der Waals surface area (Å²) in [4.78, 5) is 12.3. The third-order valence-electron chi connectivity index (χ3n) is 4.62. The second-order valence-corrected chi connectivity index (χ2v) is 6.39. The summed E-state index contributed by atoms with van der Waals surface area (Å²) in [7, 11) is 0. The van der Waals surface area contributed by atoms with Crippen LogP contribution >= 0.6 is 0 Å². The van der Waals surface area contributed by atoms with Crippen molar-refractivity contribution in [1.82, 2.24) is 15.1 Å². The van der Waals surface area contributed by atoms with Gasteiger partial charge in [-0.15, -0.1) is 0 Å². The van der Waals surface area contributed by atoms with Crippen LogP contribution in [-0.2, 0) is 0 Å². The standard InChI is InChI=1S/C18H21F2N3O2/c1-11-14(10-23(22-11)18(19)20)12-6-8-13(9-7-12)17(25)21-15-4-2-3-5-16(15)24/h6-10,15-16,18,24H,2-5H2,1H3,(H,21,25)/t15-,16-/m0/s1. The molecule has 2 aromatic rings. The van der Waals surface area contributed by atoms with Crippen LogP contribution in [0.15, 0.2) is 30.5 Å². The van der Waals surface area contributed by atoms with Gasteiger partial charge < -0.3 is 10.4 Å². The topological polar surface area (TPSA) is 67.2 Å². The molecule has 0 bridgehead atoms. The molecule has 1 aromatic heterocycles. The maximum Gasteiger partial charge on any atom is 0.333 e. The van der Waals surface area contributed by atoms with Gasteiger partial charge in [0.15, 0.2) is 0 Å². The minimum absolute atomic E-state index is 0.215. The number of amides is 1. The summed E-state index contributed by atoms with van der Waals surface area (Å²) in [5, 5.41) is 16.6. The number of alkyl halides is 2. The molecule has 2 N–H and O–H groups in total. The van der Waals surface area contributed by atoms with Crippen LogP contribution in [0.5, 0.6) is 0 Å². The molecule has 134 valence electrons. The highest BCUT2D eigenvalue weighted by molar-refractivity contribution is 5.95. The molecule has 1 aliphatic carbocycles. The Bertz CT molecular complexity index is 743. The third kappa shape index (κ3) is 3.87. The molecule has 0 spiro atoms. The lowest BCUT2D eigenvalue weighted by Crippen LogP contribution is -2.45. The molecule has 0 saturated heterocycles. The molecule has 1 aromatic carbocycles. The summed E-state index contributed by atoms with van der Waals surface area (Å²) in [6.45, 7) is -1.02. The van der Waals surface area contributed by atoms with E-state index in [1.165, 1.54) is 6.20 Å². The molecule has 0 aliphatic heterocycles. The van der Waals surface area contributed by atoms with Gasteiger partial charge in [-0.3, -0.25) is 4.79 Å². The fourth-order valence-electron chi connectivity index (χ4n) is 3.20. The molecular formula is C18H21F2N3O2. The van der Waals surface area contributed by atoms with Crippen molar-refractivity contribution in [3.05, 3.63) is 41.7 Å². The number of aryl methyl sites for hydroxylation is 1. The van der Waals surface area contributed by atoms with Crippen LogP contribution in [0.3, 0.4) is 0 Å². The van der Waals surface area contributed by atoms with Crippen molar-refractivity contribution in [2.24, 2.45) is 0 Å². The zero-order valence-electron chi connectivity index (χ0n) is 14.0. The Balaban J connectivity index is 1.72. The van der Waals surface area contributed by atoms with E-state index in [0.29, 0.717) is 27.9 Å². The summed E-state index contributed by atoms with van der Waals surface area (Å²) >= 11 is 0. The monoisotopic (exact) mass is 349 g/mol. The van der Waals surface area contributed by atoms with Gasteiger partial charge in [-0.1, -0.05) is 25.0 Å². The fourth-order valence-corrected chi connectivity index (χ4v) is 3.20. The van der Waals surface area contributed by atoms with Crippen molar-refractivity contribution >= 4 is 5.91 Å². The molecule has 5 nitrogen and oxygen atoms in total. The van der Waals surface area contributed by atoms with Crippen LogP contribution in [0, 0.1) is 6.92 Å². The minimum Gasteiger partial charge on any atom is -0.391 e. The molecule has 25 heavy (non-hydrogen) atoms. The number of carbonyl (C=O) groups excluding carboxylic acids is 1. The number of halogens is 2. The summed E-state index contributed by atoms with van der Waals surface area (Å²) in [6.07, 6.45) is 4.25. The maximum atomic E-state index is 12.7. The van der Waals surface area contributed by atoms with Crippen LogP contribution in [0.1, 0.15) is 48.3 Å². The highest BCUT2D eigenvalue weighted by atomic mass is 19.3. The fraction of sp³-hybridized carbons (Fsp3) is 0.444. The number of rotatable bonds is 4. The number of nitrogens with zero attached hydrogens (tertiary/aromatic N) is 2. The van der Waals surface area contributed by atoms with Crippen molar-refractivity contribution in [3.8, 4) is 11.1 Å². The van der Waals surface area contributed by atoms with Gasteiger partial charge in [0.05, 0.1) is 17.8 Å². The van der Waals surface area contributed by atoms with Crippen LogP contribution in [-0.4, -0.2) is 32.9 Å². The second kappa shape index (κ2) is 7.31. The van der Waals surface area contributed by atoms with Crippen molar-refractivity contribution in [2.45, 2.75) is 51.3 Å². The van der Waals surface area contributed by atoms with E-state index in [2.05, 4.69) is 10.4 Å².